The Morgan fingerprint density at radius 2 is 1.81 bits per heavy atom. The molecule has 1 saturated heterocycles. The van der Waals surface area contributed by atoms with Gasteiger partial charge in [0.05, 0.1) is 17.1 Å². The van der Waals surface area contributed by atoms with Crippen LogP contribution in [-0.2, 0) is 11.8 Å². The zero-order chi connectivity index (χ0) is 22.6. The number of carbonyl (C=O) groups excluding carboxylic acids is 2. The molecule has 7 heteroatoms. The number of benzene rings is 1. The molecule has 1 aromatic carbocycles. The fourth-order valence-electron chi connectivity index (χ4n) is 5.38. The Morgan fingerprint density at radius 3 is 2.44 bits per heavy atom. The molecule has 1 N–H and O–H groups in total. The molecule has 3 fully saturated rings. The summed E-state index contributed by atoms with van der Waals surface area (Å²) >= 11 is 0. The average Bonchev–Trinajstić information content (AvgIpc) is 3.57. The third-order valence-electron chi connectivity index (χ3n) is 7.55. The van der Waals surface area contributed by atoms with E-state index in [2.05, 4.69) is 26.0 Å². The zero-order valence-electron chi connectivity index (χ0n) is 19.4. The van der Waals surface area contributed by atoms with Crippen LogP contribution in [0.1, 0.15) is 86.0 Å². The minimum Gasteiger partial charge on any atom is -0.393 e. The Bertz CT molecular complexity index is 1050. The maximum Gasteiger partial charge on any atom is 0.290 e. The van der Waals surface area contributed by atoms with Crippen LogP contribution in [0.5, 0.6) is 0 Å². The van der Waals surface area contributed by atoms with Crippen LogP contribution in [0.2, 0.25) is 0 Å². The lowest BCUT2D eigenvalue weighted by molar-refractivity contribution is -0.138. The van der Waals surface area contributed by atoms with Gasteiger partial charge in [0.15, 0.2) is 5.82 Å². The number of piperazine rings is 1. The fourth-order valence-corrected chi connectivity index (χ4v) is 5.38. The van der Waals surface area contributed by atoms with Gasteiger partial charge in [0.25, 0.3) is 5.91 Å². The molecular formula is C25H34N4O3. The quantitative estimate of drug-likeness (QED) is 0.795. The van der Waals surface area contributed by atoms with Crippen LogP contribution in [0.3, 0.4) is 0 Å². The summed E-state index contributed by atoms with van der Waals surface area (Å²) in [6.07, 6.45) is 5.41. The van der Waals surface area contributed by atoms with Crippen molar-refractivity contribution in [1.29, 1.82) is 0 Å². The highest BCUT2D eigenvalue weighted by molar-refractivity contribution is 5.98. The number of nitrogens with zero attached hydrogens (tertiary/aromatic N) is 4. The highest BCUT2D eigenvalue weighted by atomic mass is 16.3. The van der Waals surface area contributed by atoms with E-state index >= 15 is 0 Å². The predicted molar refractivity (Wildman–Crippen MR) is 123 cm³/mol. The van der Waals surface area contributed by atoms with Crippen LogP contribution >= 0.6 is 0 Å². The lowest BCUT2D eigenvalue weighted by atomic mass is 9.91. The number of rotatable bonds is 4. The van der Waals surface area contributed by atoms with Gasteiger partial charge in [-0.05, 0) is 67.6 Å². The normalized spacial score (nSPS) is 24.6. The van der Waals surface area contributed by atoms with Gasteiger partial charge in [-0.15, -0.1) is 0 Å². The summed E-state index contributed by atoms with van der Waals surface area (Å²) in [5, 5.41) is 9.76. The van der Waals surface area contributed by atoms with E-state index in [0.29, 0.717) is 30.7 Å². The van der Waals surface area contributed by atoms with E-state index in [1.807, 2.05) is 16.5 Å². The molecule has 2 saturated carbocycles. The van der Waals surface area contributed by atoms with E-state index in [1.165, 1.54) is 24.0 Å². The zero-order valence-corrected chi connectivity index (χ0v) is 19.4. The molecule has 2 heterocycles. The second-order valence-corrected chi connectivity index (χ2v) is 10.2. The monoisotopic (exact) mass is 438 g/mol. The third kappa shape index (κ3) is 3.81. The molecule has 2 amide bonds. The number of amides is 2. The van der Waals surface area contributed by atoms with E-state index in [0.717, 1.165) is 36.7 Å². The standard InChI is InChI=1S/C25H34N4O3/c1-15(2)20-12-17(16-4-5-16)13-21-23(20)26-24(27(21)3)25(32)28-10-11-29(22(31)14-28)18-6-8-19(30)9-7-18/h12-13,15-16,18-19,30H,4-11,14H2,1-3H3. The van der Waals surface area contributed by atoms with Crippen LogP contribution in [0.4, 0.5) is 0 Å². The molecule has 0 radical (unpaired) electrons. The predicted octanol–water partition coefficient (Wildman–Crippen LogP) is 3.16. The second kappa shape index (κ2) is 8.18. The van der Waals surface area contributed by atoms with Crippen molar-refractivity contribution < 1.29 is 14.7 Å². The number of aromatic nitrogens is 2. The highest BCUT2D eigenvalue weighted by Crippen LogP contribution is 2.42. The smallest absolute Gasteiger partial charge is 0.290 e. The van der Waals surface area contributed by atoms with Crippen molar-refractivity contribution in [1.82, 2.24) is 19.4 Å². The third-order valence-corrected chi connectivity index (χ3v) is 7.55. The van der Waals surface area contributed by atoms with Crippen LogP contribution in [-0.4, -0.2) is 68.1 Å². The van der Waals surface area contributed by atoms with Gasteiger partial charge in [0, 0.05) is 26.2 Å². The number of imidazole rings is 1. The van der Waals surface area contributed by atoms with Gasteiger partial charge in [-0.2, -0.15) is 0 Å². The molecule has 1 aliphatic heterocycles. The summed E-state index contributed by atoms with van der Waals surface area (Å²) in [6, 6.07) is 4.66. The summed E-state index contributed by atoms with van der Waals surface area (Å²) < 4.78 is 1.91. The number of carbonyl (C=O) groups is 2. The second-order valence-electron chi connectivity index (χ2n) is 10.2. The van der Waals surface area contributed by atoms with Crippen molar-refractivity contribution >= 4 is 22.8 Å². The van der Waals surface area contributed by atoms with Gasteiger partial charge in [-0.3, -0.25) is 9.59 Å². The molecule has 172 valence electrons. The SMILES string of the molecule is CC(C)c1cc(C2CC2)cc2c1nc(C(=O)N1CCN(C3CCC(O)CC3)C(=O)C1)n2C. The number of hydrogen-bond donors (Lipinski definition) is 1. The lowest BCUT2D eigenvalue weighted by Crippen LogP contribution is -2.56. The van der Waals surface area contributed by atoms with Crippen molar-refractivity contribution in [2.45, 2.75) is 76.4 Å². The van der Waals surface area contributed by atoms with Crippen molar-refractivity contribution in [3.8, 4) is 0 Å². The lowest BCUT2D eigenvalue weighted by Gasteiger charge is -2.41. The molecule has 2 aromatic rings. The van der Waals surface area contributed by atoms with E-state index < -0.39 is 0 Å². The van der Waals surface area contributed by atoms with Gasteiger partial charge >= 0.3 is 0 Å². The number of aliphatic hydroxyl groups excluding tert-OH is 1. The molecule has 7 nitrogen and oxygen atoms in total. The molecule has 0 atom stereocenters. The molecular weight excluding hydrogens is 404 g/mol. The van der Waals surface area contributed by atoms with E-state index in [4.69, 9.17) is 4.98 Å². The molecule has 1 aromatic heterocycles. The Kier molecular flexibility index (Phi) is 5.48. The maximum absolute atomic E-state index is 13.4. The first-order valence-electron chi connectivity index (χ1n) is 12.1. The number of aliphatic hydroxyl groups is 1. The Morgan fingerprint density at radius 1 is 1.09 bits per heavy atom. The number of hydrogen-bond acceptors (Lipinski definition) is 4. The molecule has 32 heavy (non-hydrogen) atoms. The van der Waals surface area contributed by atoms with Crippen LogP contribution in [0, 0.1) is 0 Å². The minimum atomic E-state index is -0.238. The molecule has 0 unspecified atom stereocenters. The summed E-state index contributed by atoms with van der Waals surface area (Å²) in [4.78, 5) is 34.7. The van der Waals surface area contributed by atoms with E-state index in [9.17, 15) is 14.7 Å². The molecule has 0 bridgehead atoms. The van der Waals surface area contributed by atoms with Crippen molar-refractivity contribution in [3.63, 3.8) is 0 Å². The first-order chi connectivity index (χ1) is 15.3. The summed E-state index contributed by atoms with van der Waals surface area (Å²) in [5.41, 5.74) is 4.46. The molecule has 3 aliphatic rings. The van der Waals surface area contributed by atoms with Crippen molar-refractivity contribution in [3.05, 3.63) is 29.1 Å². The Hall–Kier alpha value is -2.41. The molecule has 5 rings (SSSR count). The first-order valence-corrected chi connectivity index (χ1v) is 12.1. The van der Waals surface area contributed by atoms with E-state index in [1.54, 1.807) is 4.90 Å². The van der Waals surface area contributed by atoms with Crippen molar-refractivity contribution in [2.24, 2.45) is 7.05 Å². The fraction of sp³-hybridized carbons (Fsp3) is 0.640. The minimum absolute atomic E-state index is 0.00337. The highest BCUT2D eigenvalue weighted by Gasteiger charge is 2.35. The van der Waals surface area contributed by atoms with Gasteiger partial charge in [0.2, 0.25) is 5.91 Å². The number of fused-ring (bicyclic) bond motifs is 1. The summed E-state index contributed by atoms with van der Waals surface area (Å²) in [7, 11) is 1.91. The number of aryl methyl sites for hydroxylation is 1. The van der Waals surface area contributed by atoms with Crippen LogP contribution in [0.25, 0.3) is 11.0 Å². The van der Waals surface area contributed by atoms with Gasteiger partial charge < -0.3 is 19.5 Å². The van der Waals surface area contributed by atoms with E-state index in [-0.39, 0.29) is 30.5 Å². The average molecular weight is 439 g/mol. The van der Waals surface area contributed by atoms with Gasteiger partial charge in [-0.1, -0.05) is 19.9 Å². The maximum atomic E-state index is 13.4. The first kappa shape index (κ1) is 21.4. The summed E-state index contributed by atoms with van der Waals surface area (Å²) in [6.45, 7) is 5.52. The largest absolute Gasteiger partial charge is 0.393 e. The van der Waals surface area contributed by atoms with Crippen LogP contribution < -0.4 is 0 Å². The molecule has 0 spiro atoms. The van der Waals surface area contributed by atoms with Gasteiger partial charge in [0.1, 0.15) is 6.54 Å². The topological polar surface area (TPSA) is 78.7 Å². The Labute approximate surface area is 189 Å². The Balaban J connectivity index is 1.38. The van der Waals surface area contributed by atoms with Crippen LogP contribution in [0.15, 0.2) is 12.1 Å². The summed E-state index contributed by atoms with van der Waals surface area (Å²) in [5.74, 6) is 1.21. The molecule has 2 aliphatic carbocycles. The van der Waals surface area contributed by atoms with Crippen molar-refractivity contribution in [2.75, 3.05) is 19.6 Å². The van der Waals surface area contributed by atoms with Gasteiger partial charge in [-0.25, -0.2) is 4.98 Å².